The van der Waals surface area contributed by atoms with Gasteiger partial charge in [-0.25, -0.2) is 4.79 Å². The lowest BCUT2D eigenvalue weighted by Crippen LogP contribution is -2.47. The van der Waals surface area contributed by atoms with Crippen LogP contribution < -0.4 is 0 Å². The minimum atomic E-state index is -0.264. The van der Waals surface area contributed by atoms with Gasteiger partial charge in [-0.1, -0.05) is 0 Å². The fraction of sp³-hybridized carbons (Fsp3) is 0.846. The summed E-state index contributed by atoms with van der Waals surface area (Å²) in [5.41, 5.74) is 0. The smallest absolute Gasteiger partial charge is 0.409 e. The van der Waals surface area contributed by atoms with Crippen LogP contribution in [0.2, 0.25) is 0 Å². The maximum atomic E-state index is 12.3. The van der Waals surface area contributed by atoms with E-state index in [1.165, 1.54) is 0 Å². The molecule has 0 atom stereocenters. The monoisotopic (exact) mass is 270 g/mol. The molecule has 0 N–H and O–H groups in total. The number of likely N-dealkylation sites (tertiary alicyclic amines) is 1. The van der Waals surface area contributed by atoms with Gasteiger partial charge in [-0.15, -0.1) is 0 Å². The SMILES string of the molecule is CCOC(=O)N1CCC(C(=O)N2CCOCC2)CC1. The molecule has 2 rings (SSSR count). The highest BCUT2D eigenvalue weighted by Gasteiger charge is 2.31. The van der Waals surface area contributed by atoms with Crippen LogP contribution >= 0.6 is 0 Å². The lowest BCUT2D eigenvalue weighted by Gasteiger charge is -2.35. The van der Waals surface area contributed by atoms with Gasteiger partial charge in [-0.3, -0.25) is 4.79 Å². The van der Waals surface area contributed by atoms with Gasteiger partial charge in [0.15, 0.2) is 0 Å². The Morgan fingerprint density at radius 2 is 1.74 bits per heavy atom. The molecule has 0 aromatic rings. The van der Waals surface area contributed by atoms with Crippen LogP contribution in [0.25, 0.3) is 0 Å². The number of rotatable bonds is 2. The highest BCUT2D eigenvalue weighted by atomic mass is 16.6. The van der Waals surface area contributed by atoms with Crippen molar-refractivity contribution in [1.29, 1.82) is 0 Å². The summed E-state index contributed by atoms with van der Waals surface area (Å²) in [6.07, 6.45) is 1.20. The number of carbonyl (C=O) groups is 2. The third-order valence-electron chi connectivity index (χ3n) is 3.69. The van der Waals surface area contributed by atoms with E-state index in [0.29, 0.717) is 46.0 Å². The van der Waals surface area contributed by atoms with Crippen LogP contribution in [0.4, 0.5) is 4.79 Å². The molecule has 2 aliphatic rings. The first-order valence-corrected chi connectivity index (χ1v) is 7.00. The lowest BCUT2D eigenvalue weighted by molar-refractivity contribution is -0.141. The molecule has 2 aliphatic heterocycles. The summed E-state index contributed by atoms with van der Waals surface area (Å²) in [6, 6.07) is 0. The van der Waals surface area contributed by atoms with Crippen molar-refractivity contribution in [2.24, 2.45) is 5.92 Å². The quantitative estimate of drug-likeness (QED) is 0.741. The van der Waals surface area contributed by atoms with Gasteiger partial charge in [0.25, 0.3) is 0 Å². The van der Waals surface area contributed by atoms with E-state index in [9.17, 15) is 9.59 Å². The Morgan fingerprint density at radius 3 is 2.32 bits per heavy atom. The molecule has 108 valence electrons. The molecule has 0 saturated carbocycles. The first kappa shape index (κ1) is 14.1. The van der Waals surface area contributed by atoms with Crippen LogP contribution in [0, 0.1) is 5.92 Å². The van der Waals surface area contributed by atoms with Crippen LogP contribution in [-0.2, 0) is 14.3 Å². The zero-order valence-corrected chi connectivity index (χ0v) is 11.5. The molecule has 6 heteroatoms. The molecular weight excluding hydrogens is 248 g/mol. The van der Waals surface area contributed by atoms with E-state index >= 15 is 0 Å². The summed E-state index contributed by atoms with van der Waals surface area (Å²) in [5, 5.41) is 0. The summed E-state index contributed by atoms with van der Waals surface area (Å²) in [6.45, 7) is 6.06. The van der Waals surface area contributed by atoms with Crippen molar-refractivity contribution in [2.75, 3.05) is 46.0 Å². The highest BCUT2D eigenvalue weighted by molar-refractivity contribution is 5.79. The number of carbonyl (C=O) groups excluding carboxylic acids is 2. The molecule has 0 radical (unpaired) electrons. The number of hydrogen-bond acceptors (Lipinski definition) is 4. The zero-order chi connectivity index (χ0) is 13.7. The molecule has 0 bridgehead atoms. The van der Waals surface area contributed by atoms with Gasteiger partial charge in [-0.2, -0.15) is 0 Å². The maximum Gasteiger partial charge on any atom is 0.409 e. The summed E-state index contributed by atoms with van der Waals surface area (Å²) in [4.78, 5) is 27.4. The van der Waals surface area contributed by atoms with Crippen molar-refractivity contribution in [3.63, 3.8) is 0 Å². The highest BCUT2D eigenvalue weighted by Crippen LogP contribution is 2.20. The van der Waals surface area contributed by atoms with Gasteiger partial charge in [-0.05, 0) is 19.8 Å². The molecule has 0 spiro atoms. The van der Waals surface area contributed by atoms with Crippen molar-refractivity contribution in [3.05, 3.63) is 0 Å². The van der Waals surface area contributed by atoms with Gasteiger partial charge in [0.05, 0.1) is 19.8 Å². The lowest BCUT2D eigenvalue weighted by atomic mass is 9.95. The summed E-state index contributed by atoms with van der Waals surface area (Å²) >= 11 is 0. The Labute approximate surface area is 113 Å². The van der Waals surface area contributed by atoms with Gasteiger partial charge >= 0.3 is 6.09 Å². The van der Waals surface area contributed by atoms with Crippen LogP contribution in [0.1, 0.15) is 19.8 Å². The number of ether oxygens (including phenoxy) is 2. The fourth-order valence-electron chi connectivity index (χ4n) is 2.57. The molecule has 0 aliphatic carbocycles. The average molecular weight is 270 g/mol. The Hall–Kier alpha value is -1.30. The minimum absolute atomic E-state index is 0.0452. The normalized spacial score (nSPS) is 21.3. The molecule has 6 nitrogen and oxygen atoms in total. The van der Waals surface area contributed by atoms with E-state index < -0.39 is 0 Å². The largest absolute Gasteiger partial charge is 0.450 e. The Bertz CT molecular complexity index is 321. The van der Waals surface area contributed by atoms with Gasteiger partial charge in [0.1, 0.15) is 0 Å². The van der Waals surface area contributed by atoms with E-state index in [2.05, 4.69) is 0 Å². The molecule has 19 heavy (non-hydrogen) atoms. The molecule has 0 aromatic carbocycles. The standard InChI is InChI=1S/C13H22N2O4/c1-2-19-13(17)15-5-3-11(4-6-15)12(16)14-7-9-18-10-8-14/h11H,2-10H2,1H3. The molecule has 2 amide bonds. The van der Waals surface area contributed by atoms with E-state index in [1.54, 1.807) is 11.8 Å². The maximum absolute atomic E-state index is 12.3. The first-order valence-electron chi connectivity index (χ1n) is 7.00. The zero-order valence-electron chi connectivity index (χ0n) is 11.5. The second-order valence-electron chi connectivity index (χ2n) is 4.90. The molecule has 2 fully saturated rings. The number of nitrogens with zero attached hydrogens (tertiary/aromatic N) is 2. The van der Waals surface area contributed by atoms with Gasteiger partial charge in [0.2, 0.25) is 5.91 Å². The summed E-state index contributed by atoms with van der Waals surface area (Å²) in [5.74, 6) is 0.260. The number of hydrogen-bond donors (Lipinski definition) is 0. The second kappa shape index (κ2) is 6.75. The van der Waals surface area contributed by atoms with Crippen LogP contribution in [0.5, 0.6) is 0 Å². The molecule has 0 aromatic heterocycles. The Morgan fingerprint density at radius 1 is 1.11 bits per heavy atom. The Balaban J connectivity index is 1.79. The van der Waals surface area contributed by atoms with Crippen LogP contribution in [0.15, 0.2) is 0 Å². The van der Waals surface area contributed by atoms with Crippen molar-refractivity contribution in [1.82, 2.24) is 9.80 Å². The van der Waals surface area contributed by atoms with E-state index in [0.717, 1.165) is 12.8 Å². The van der Waals surface area contributed by atoms with Gasteiger partial charge < -0.3 is 19.3 Å². The summed E-state index contributed by atoms with van der Waals surface area (Å²) in [7, 11) is 0. The van der Waals surface area contributed by atoms with Crippen LogP contribution in [0.3, 0.4) is 0 Å². The van der Waals surface area contributed by atoms with Crippen molar-refractivity contribution in [2.45, 2.75) is 19.8 Å². The third-order valence-corrected chi connectivity index (χ3v) is 3.69. The van der Waals surface area contributed by atoms with Crippen molar-refractivity contribution < 1.29 is 19.1 Å². The predicted octanol–water partition coefficient (Wildman–Crippen LogP) is 0.714. The summed E-state index contributed by atoms with van der Waals surface area (Å²) < 4.78 is 10.2. The van der Waals surface area contributed by atoms with Crippen molar-refractivity contribution in [3.8, 4) is 0 Å². The molecule has 2 saturated heterocycles. The van der Waals surface area contributed by atoms with E-state index in [4.69, 9.17) is 9.47 Å². The average Bonchev–Trinajstić information content (AvgIpc) is 2.48. The number of piperidine rings is 1. The topological polar surface area (TPSA) is 59.1 Å². The van der Waals surface area contributed by atoms with Crippen LogP contribution in [-0.4, -0.2) is 67.8 Å². The third kappa shape index (κ3) is 3.59. The molecule has 0 unspecified atom stereocenters. The fourth-order valence-corrected chi connectivity index (χ4v) is 2.57. The molecular formula is C13H22N2O4. The minimum Gasteiger partial charge on any atom is -0.450 e. The number of amides is 2. The second-order valence-corrected chi connectivity index (χ2v) is 4.90. The molecule has 2 heterocycles. The van der Waals surface area contributed by atoms with Crippen molar-refractivity contribution >= 4 is 12.0 Å². The van der Waals surface area contributed by atoms with E-state index in [1.807, 2.05) is 4.90 Å². The Kier molecular flexibility index (Phi) is 5.01. The van der Waals surface area contributed by atoms with Gasteiger partial charge in [0, 0.05) is 32.1 Å². The predicted molar refractivity (Wildman–Crippen MR) is 68.7 cm³/mol. The number of morpholine rings is 1. The van der Waals surface area contributed by atoms with E-state index in [-0.39, 0.29) is 17.9 Å². The first-order chi connectivity index (χ1) is 9.22.